The van der Waals surface area contributed by atoms with Crippen molar-refractivity contribution in [1.82, 2.24) is 5.32 Å². The molecule has 2 rings (SSSR count). The van der Waals surface area contributed by atoms with Crippen LogP contribution in [0, 0.1) is 0 Å². The first kappa shape index (κ1) is 13.8. The van der Waals surface area contributed by atoms with Crippen LogP contribution in [-0.2, 0) is 11.3 Å². The molecule has 1 aliphatic heterocycles. The molecule has 0 bridgehead atoms. The fourth-order valence-corrected chi connectivity index (χ4v) is 2.72. The molecule has 0 spiro atoms. The molecular weight excluding hydrogens is 294 g/mol. The van der Waals surface area contributed by atoms with Gasteiger partial charge in [-0.05, 0) is 53.4 Å². The van der Waals surface area contributed by atoms with Crippen molar-refractivity contribution in [2.45, 2.75) is 31.8 Å². The molecule has 1 heterocycles. The summed E-state index contributed by atoms with van der Waals surface area (Å²) in [7, 11) is 1.68. The summed E-state index contributed by atoms with van der Waals surface area (Å²) in [5.41, 5.74) is 1.46. The normalized spacial score (nSPS) is 18.6. The minimum absolute atomic E-state index is 0.199. The lowest BCUT2D eigenvalue weighted by Gasteiger charge is -2.34. The lowest BCUT2D eigenvalue weighted by molar-refractivity contribution is 0.0446. The quantitative estimate of drug-likeness (QED) is 0.926. The number of ether oxygens (including phenoxy) is 2. The van der Waals surface area contributed by atoms with Crippen molar-refractivity contribution in [1.29, 1.82) is 0 Å². The third-order valence-corrected chi connectivity index (χ3v) is 4.15. The number of benzene rings is 1. The summed E-state index contributed by atoms with van der Waals surface area (Å²) in [4.78, 5) is 0. The van der Waals surface area contributed by atoms with E-state index in [9.17, 15) is 0 Å². The molecule has 3 nitrogen and oxygen atoms in total. The highest BCUT2D eigenvalue weighted by atomic mass is 79.9. The summed E-state index contributed by atoms with van der Waals surface area (Å²) < 4.78 is 11.6. The maximum atomic E-state index is 5.40. The molecule has 1 saturated heterocycles. The van der Waals surface area contributed by atoms with Crippen LogP contribution < -0.4 is 10.1 Å². The number of halogens is 1. The van der Waals surface area contributed by atoms with E-state index < -0.39 is 0 Å². The highest BCUT2D eigenvalue weighted by molar-refractivity contribution is 9.10. The van der Waals surface area contributed by atoms with Crippen LogP contribution in [0.3, 0.4) is 0 Å². The van der Waals surface area contributed by atoms with Crippen molar-refractivity contribution in [3.05, 3.63) is 28.2 Å². The summed E-state index contributed by atoms with van der Waals surface area (Å²) >= 11 is 3.51. The zero-order chi connectivity index (χ0) is 13.0. The Hall–Kier alpha value is -0.580. The van der Waals surface area contributed by atoms with E-state index in [0.29, 0.717) is 0 Å². The van der Waals surface area contributed by atoms with Crippen LogP contribution in [-0.4, -0.2) is 25.9 Å². The van der Waals surface area contributed by atoms with Crippen LogP contribution in [0.15, 0.2) is 22.7 Å². The average molecular weight is 314 g/mol. The Morgan fingerprint density at radius 1 is 1.39 bits per heavy atom. The highest BCUT2D eigenvalue weighted by Gasteiger charge is 2.26. The van der Waals surface area contributed by atoms with E-state index in [0.717, 1.165) is 42.8 Å². The molecule has 1 aromatic rings. The predicted octanol–water partition coefficient (Wildman–Crippen LogP) is 3.12. The second kappa shape index (κ2) is 6.04. The van der Waals surface area contributed by atoms with Gasteiger partial charge in [-0.15, -0.1) is 0 Å². The molecule has 100 valence electrons. The van der Waals surface area contributed by atoms with Gasteiger partial charge in [0.25, 0.3) is 0 Å². The van der Waals surface area contributed by atoms with Crippen LogP contribution >= 0.6 is 15.9 Å². The molecule has 0 saturated carbocycles. The molecule has 4 heteroatoms. The molecule has 18 heavy (non-hydrogen) atoms. The van der Waals surface area contributed by atoms with Crippen molar-refractivity contribution in [3.63, 3.8) is 0 Å². The molecule has 0 aromatic heterocycles. The Kier molecular flexibility index (Phi) is 4.65. The van der Waals surface area contributed by atoms with E-state index >= 15 is 0 Å². The second-order valence-corrected chi connectivity index (χ2v) is 5.85. The highest BCUT2D eigenvalue weighted by Crippen LogP contribution is 2.26. The Balaban J connectivity index is 1.95. The molecule has 0 radical (unpaired) electrons. The molecule has 1 fully saturated rings. The van der Waals surface area contributed by atoms with E-state index in [1.807, 2.05) is 6.07 Å². The third kappa shape index (κ3) is 3.46. The average Bonchev–Trinajstić information content (AvgIpc) is 2.38. The van der Waals surface area contributed by atoms with Gasteiger partial charge in [0.1, 0.15) is 5.75 Å². The molecular formula is C14H20BrNO2. The zero-order valence-electron chi connectivity index (χ0n) is 11.0. The molecule has 0 unspecified atom stereocenters. The summed E-state index contributed by atoms with van der Waals surface area (Å²) in [5.74, 6) is 0.871. The zero-order valence-corrected chi connectivity index (χ0v) is 12.5. The van der Waals surface area contributed by atoms with E-state index in [1.165, 1.54) is 5.56 Å². The standard InChI is InChI=1S/C14H20BrNO2/c1-14(5-7-18-8-6-14)16-10-11-3-4-13(17-2)12(15)9-11/h3-4,9,16H,5-8,10H2,1-2H3. The summed E-state index contributed by atoms with van der Waals surface area (Å²) in [5, 5.41) is 3.64. The van der Waals surface area contributed by atoms with Gasteiger partial charge in [0, 0.05) is 25.3 Å². The Labute approximate surface area is 117 Å². The molecule has 0 atom stereocenters. The van der Waals surface area contributed by atoms with Gasteiger partial charge in [-0.3, -0.25) is 0 Å². The van der Waals surface area contributed by atoms with Crippen molar-refractivity contribution in [2.24, 2.45) is 0 Å². The molecule has 1 N–H and O–H groups in total. The number of methoxy groups -OCH3 is 1. The first-order valence-electron chi connectivity index (χ1n) is 6.28. The lowest BCUT2D eigenvalue weighted by Crippen LogP contribution is -2.46. The summed E-state index contributed by atoms with van der Waals surface area (Å²) in [6.07, 6.45) is 2.15. The van der Waals surface area contributed by atoms with Gasteiger partial charge in [-0.1, -0.05) is 6.07 Å². The lowest BCUT2D eigenvalue weighted by atomic mass is 9.92. The smallest absolute Gasteiger partial charge is 0.133 e. The van der Waals surface area contributed by atoms with Crippen LogP contribution in [0.5, 0.6) is 5.75 Å². The fraction of sp³-hybridized carbons (Fsp3) is 0.571. The first-order chi connectivity index (χ1) is 8.63. The Bertz CT molecular complexity index is 403. The van der Waals surface area contributed by atoms with Crippen LogP contribution in [0.25, 0.3) is 0 Å². The minimum Gasteiger partial charge on any atom is -0.496 e. The van der Waals surface area contributed by atoms with Gasteiger partial charge in [-0.25, -0.2) is 0 Å². The van der Waals surface area contributed by atoms with Crippen molar-refractivity contribution >= 4 is 15.9 Å². The molecule has 0 aliphatic carbocycles. The number of nitrogens with one attached hydrogen (secondary N) is 1. The summed E-state index contributed by atoms with van der Waals surface area (Å²) in [6, 6.07) is 6.20. The van der Waals surface area contributed by atoms with Gasteiger partial charge in [0.2, 0.25) is 0 Å². The molecule has 1 aliphatic rings. The number of rotatable bonds is 4. The second-order valence-electron chi connectivity index (χ2n) is 5.00. The Morgan fingerprint density at radius 3 is 2.72 bits per heavy atom. The van der Waals surface area contributed by atoms with E-state index in [1.54, 1.807) is 7.11 Å². The fourth-order valence-electron chi connectivity index (χ4n) is 2.13. The topological polar surface area (TPSA) is 30.5 Å². The van der Waals surface area contributed by atoms with E-state index in [-0.39, 0.29) is 5.54 Å². The van der Waals surface area contributed by atoms with Crippen molar-refractivity contribution in [2.75, 3.05) is 20.3 Å². The SMILES string of the molecule is COc1ccc(CNC2(C)CCOCC2)cc1Br. The molecule has 0 amide bonds. The van der Waals surface area contributed by atoms with Crippen LogP contribution in [0.1, 0.15) is 25.3 Å². The largest absolute Gasteiger partial charge is 0.496 e. The monoisotopic (exact) mass is 313 g/mol. The van der Waals surface area contributed by atoms with Gasteiger partial charge in [0.15, 0.2) is 0 Å². The van der Waals surface area contributed by atoms with Gasteiger partial charge < -0.3 is 14.8 Å². The summed E-state index contributed by atoms with van der Waals surface area (Å²) in [6.45, 7) is 4.86. The number of hydrogen-bond donors (Lipinski definition) is 1. The molecule has 1 aromatic carbocycles. The maximum Gasteiger partial charge on any atom is 0.133 e. The van der Waals surface area contributed by atoms with E-state index in [2.05, 4.69) is 40.3 Å². The number of hydrogen-bond acceptors (Lipinski definition) is 3. The predicted molar refractivity (Wildman–Crippen MR) is 76.0 cm³/mol. The van der Waals surface area contributed by atoms with Crippen molar-refractivity contribution in [3.8, 4) is 5.75 Å². The van der Waals surface area contributed by atoms with Gasteiger partial charge in [-0.2, -0.15) is 0 Å². The van der Waals surface area contributed by atoms with Crippen LogP contribution in [0.4, 0.5) is 0 Å². The first-order valence-corrected chi connectivity index (χ1v) is 7.07. The minimum atomic E-state index is 0.199. The van der Waals surface area contributed by atoms with Crippen molar-refractivity contribution < 1.29 is 9.47 Å². The van der Waals surface area contributed by atoms with Gasteiger partial charge >= 0.3 is 0 Å². The Morgan fingerprint density at radius 2 is 2.11 bits per heavy atom. The maximum absolute atomic E-state index is 5.40. The van der Waals surface area contributed by atoms with E-state index in [4.69, 9.17) is 9.47 Å². The van der Waals surface area contributed by atoms with Crippen LogP contribution in [0.2, 0.25) is 0 Å². The third-order valence-electron chi connectivity index (χ3n) is 3.53. The van der Waals surface area contributed by atoms with Gasteiger partial charge in [0.05, 0.1) is 11.6 Å².